The van der Waals surface area contributed by atoms with Gasteiger partial charge >= 0.3 is 0 Å². The van der Waals surface area contributed by atoms with Crippen LogP contribution in [0.4, 0.5) is 8.78 Å². The van der Waals surface area contributed by atoms with Gasteiger partial charge in [-0.3, -0.25) is 0 Å². The van der Waals surface area contributed by atoms with Gasteiger partial charge in [0.25, 0.3) is 6.43 Å². The molecule has 1 aromatic rings. The van der Waals surface area contributed by atoms with Crippen molar-refractivity contribution in [1.29, 1.82) is 0 Å². The van der Waals surface area contributed by atoms with Crippen LogP contribution in [0.15, 0.2) is 12.1 Å². The van der Waals surface area contributed by atoms with E-state index < -0.39 is 18.2 Å². The second kappa shape index (κ2) is 4.29. The molecule has 0 aliphatic rings. The first-order chi connectivity index (χ1) is 6.45. The van der Waals surface area contributed by atoms with Crippen molar-refractivity contribution in [2.45, 2.75) is 12.5 Å². The Kier molecular flexibility index (Phi) is 3.53. The number of rotatable bonds is 2. The summed E-state index contributed by atoms with van der Waals surface area (Å²) in [4.78, 5) is 0. The predicted octanol–water partition coefficient (Wildman–Crippen LogP) is 2.96. The second-order valence-electron chi connectivity index (χ2n) is 2.66. The largest absolute Gasteiger partial charge is 0.506 e. The number of hydrogen-bond donors (Lipinski definition) is 2. The molecule has 0 aliphatic heterocycles. The molecule has 0 spiro atoms. The monoisotopic (exact) mass is 241 g/mol. The van der Waals surface area contributed by atoms with Gasteiger partial charge in [-0.05, 0) is 6.07 Å². The number of benzene rings is 1. The molecular weight excluding hydrogens is 235 g/mol. The van der Waals surface area contributed by atoms with E-state index in [2.05, 4.69) is 0 Å². The first-order valence-electron chi connectivity index (χ1n) is 3.65. The zero-order valence-electron chi connectivity index (χ0n) is 6.85. The fourth-order valence-corrected chi connectivity index (χ4v) is 1.28. The van der Waals surface area contributed by atoms with Crippen LogP contribution >= 0.6 is 23.2 Å². The third-order valence-electron chi connectivity index (χ3n) is 1.73. The molecular formula is C8H7Cl2F2NO. The van der Waals surface area contributed by atoms with Gasteiger partial charge in [-0.15, -0.1) is 0 Å². The van der Waals surface area contributed by atoms with Crippen molar-refractivity contribution >= 4 is 23.2 Å². The van der Waals surface area contributed by atoms with E-state index in [0.717, 1.165) is 0 Å². The number of phenolic OH excluding ortho intramolecular Hbond substituents is 1. The van der Waals surface area contributed by atoms with E-state index in [4.69, 9.17) is 28.9 Å². The van der Waals surface area contributed by atoms with Gasteiger partial charge in [-0.1, -0.05) is 29.3 Å². The zero-order chi connectivity index (χ0) is 10.9. The number of phenols is 1. The molecule has 3 N–H and O–H groups in total. The van der Waals surface area contributed by atoms with Crippen molar-refractivity contribution in [3.63, 3.8) is 0 Å². The lowest BCUT2D eigenvalue weighted by molar-refractivity contribution is 0.115. The Balaban J connectivity index is 3.17. The first-order valence-corrected chi connectivity index (χ1v) is 4.41. The topological polar surface area (TPSA) is 46.2 Å². The maximum Gasteiger partial charge on any atom is 0.257 e. The quantitative estimate of drug-likeness (QED) is 0.837. The third kappa shape index (κ3) is 2.08. The van der Waals surface area contributed by atoms with Gasteiger partial charge < -0.3 is 10.8 Å². The predicted molar refractivity (Wildman–Crippen MR) is 51.1 cm³/mol. The molecule has 14 heavy (non-hydrogen) atoms. The Morgan fingerprint density at radius 1 is 1.29 bits per heavy atom. The van der Waals surface area contributed by atoms with Gasteiger partial charge in [0.15, 0.2) is 0 Å². The lowest BCUT2D eigenvalue weighted by Crippen LogP contribution is -2.19. The number of halogens is 4. The maximum absolute atomic E-state index is 12.2. The molecule has 0 unspecified atom stereocenters. The number of nitrogens with two attached hydrogens (primary N) is 1. The lowest BCUT2D eigenvalue weighted by Gasteiger charge is -2.13. The molecule has 2 nitrogen and oxygen atoms in total. The summed E-state index contributed by atoms with van der Waals surface area (Å²) < 4.78 is 24.4. The molecule has 0 amide bonds. The fourth-order valence-electron chi connectivity index (χ4n) is 0.960. The van der Waals surface area contributed by atoms with Crippen LogP contribution in [0.3, 0.4) is 0 Å². The summed E-state index contributed by atoms with van der Waals surface area (Å²) in [7, 11) is 0. The SMILES string of the molecule is N[C@H](c1ccc(Cl)c(Cl)c1O)C(F)F. The molecule has 0 fully saturated rings. The zero-order valence-corrected chi connectivity index (χ0v) is 8.36. The van der Waals surface area contributed by atoms with Gasteiger partial charge in [-0.2, -0.15) is 0 Å². The smallest absolute Gasteiger partial charge is 0.257 e. The van der Waals surface area contributed by atoms with Crippen LogP contribution in [0.1, 0.15) is 11.6 Å². The van der Waals surface area contributed by atoms with E-state index in [1.807, 2.05) is 0 Å². The van der Waals surface area contributed by atoms with Crippen LogP contribution in [0.2, 0.25) is 10.0 Å². The van der Waals surface area contributed by atoms with Crippen LogP contribution < -0.4 is 5.73 Å². The summed E-state index contributed by atoms with van der Waals surface area (Å²) in [6.07, 6.45) is -2.77. The Morgan fingerprint density at radius 3 is 2.36 bits per heavy atom. The summed E-state index contributed by atoms with van der Waals surface area (Å²) >= 11 is 11.1. The highest BCUT2D eigenvalue weighted by atomic mass is 35.5. The maximum atomic E-state index is 12.2. The Morgan fingerprint density at radius 2 is 1.86 bits per heavy atom. The molecule has 1 rings (SSSR count). The van der Waals surface area contributed by atoms with E-state index >= 15 is 0 Å². The van der Waals surface area contributed by atoms with Crippen LogP contribution in [-0.2, 0) is 0 Å². The van der Waals surface area contributed by atoms with Crippen LogP contribution in [-0.4, -0.2) is 11.5 Å². The molecule has 1 atom stereocenters. The van der Waals surface area contributed by atoms with Crippen molar-refractivity contribution in [2.75, 3.05) is 0 Å². The Labute approximate surface area is 89.2 Å². The normalized spacial score (nSPS) is 13.3. The minimum atomic E-state index is -2.77. The van der Waals surface area contributed by atoms with E-state index in [1.165, 1.54) is 12.1 Å². The Bertz CT molecular complexity index is 346. The van der Waals surface area contributed by atoms with Crippen molar-refractivity contribution in [1.82, 2.24) is 0 Å². The summed E-state index contributed by atoms with van der Waals surface area (Å²) in [5.74, 6) is -0.494. The highest BCUT2D eigenvalue weighted by molar-refractivity contribution is 6.43. The Hall–Kier alpha value is -0.580. The van der Waals surface area contributed by atoms with Gasteiger partial charge in [0.1, 0.15) is 10.8 Å². The van der Waals surface area contributed by atoms with E-state index in [9.17, 15) is 13.9 Å². The molecule has 0 saturated heterocycles. The van der Waals surface area contributed by atoms with Gasteiger partial charge in [0.2, 0.25) is 0 Å². The van der Waals surface area contributed by atoms with Crippen molar-refractivity contribution in [2.24, 2.45) is 5.73 Å². The van der Waals surface area contributed by atoms with E-state index in [0.29, 0.717) is 0 Å². The highest BCUT2D eigenvalue weighted by Crippen LogP contribution is 2.37. The van der Waals surface area contributed by atoms with Gasteiger partial charge in [0.05, 0.1) is 11.1 Å². The molecule has 1 aromatic carbocycles. The highest BCUT2D eigenvalue weighted by Gasteiger charge is 2.22. The summed E-state index contributed by atoms with van der Waals surface area (Å²) in [5.41, 5.74) is 5.03. The van der Waals surface area contributed by atoms with Crippen molar-refractivity contribution in [3.05, 3.63) is 27.7 Å². The molecule has 78 valence electrons. The molecule has 0 bridgehead atoms. The van der Waals surface area contributed by atoms with Crippen LogP contribution in [0, 0.1) is 0 Å². The van der Waals surface area contributed by atoms with Gasteiger partial charge in [-0.25, -0.2) is 8.78 Å². The molecule has 0 saturated carbocycles. The van der Waals surface area contributed by atoms with Crippen molar-refractivity contribution in [3.8, 4) is 5.75 Å². The fraction of sp³-hybridized carbons (Fsp3) is 0.250. The van der Waals surface area contributed by atoms with Crippen LogP contribution in [0.5, 0.6) is 5.75 Å². The minimum Gasteiger partial charge on any atom is -0.506 e. The third-order valence-corrected chi connectivity index (χ3v) is 2.53. The van der Waals surface area contributed by atoms with E-state index in [1.54, 1.807) is 0 Å². The van der Waals surface area contributed by atoms with Crippen LogP contribution in [0.25, 0.3) is 0 Å². The van der Waals surface area contributed by atoms with Gasteiger partial charge in [0, 0.05) is 5.56 Å². The number of alkyl halides is 2. The number of aromatic hydroxyl groups is 1. The van der Waals surface area contributed by atoms with Crippen molar-refractivity contribution < 1.29 is 13.9 Å². The molecule has 0 heterocycles. The average Bonchev–Trinajstić information content (AvgIpc) is 2.13. The lowest BCUT2D eigenvalue weighted by atomic mass is 10.1. The summed E-state index contributed by atoms with van der Waals surface area (Å²) in [6.45, 7) is 0. The number of hydrogen-bond acceptors (Lipinski definition) is 2. The molecule has 0 radical (unpaired) electrons. The minimum absolute atomic E-state index is 0.0920. The molecule has 0 aliphatic carbocycles. The van der Waals surface area contributed by atoms with E-state index in [-0.39, 0.29) is 15.6 Å². The average molecular weight is 242 g/mol. The molecule has 6 heteroatoms. The summed E-state index contributed by atoms with van der Waals surface area (Å²) in [5, 5.41) is 9.29. The second-order valence-corrected chi connectivity index (χ2v) is 3.44. The summed E-state index contributed by atoms with van der Waals surface area (Å²) in [6, 6.07) is 0.964. The standard InChI is InChI=1S/C8H7Cl2F2NO/c9-4-2-1-3(6(13)8(11)12)7(14)5(4)10/h1-2,6,8,14H,13H2/t6-/m1/s1. The first kappa shape index (κ1) is 11.5. The molecule has 0 aromatic heterocycles.